The molecule has 0 radical (unpaired) electrons. The Morgan fingerprint density at radius 1 is 1.09 bits per heavy atom. The van der Waals surface area contributed by atoms with Crippen molar-refractivity contribution in [3.8, 4) is 11.5 Å². The van der Waals surface area contributed by atoms with Crippen LogP contribution in [0, 0.1) is 4.91 Å². The van der Waals surface area contributed by atoms with Crippen molar-refractivity contribution in [3.05, 3.63) is 41.3 Å². The van der Waals surface area contributed by atoms with Gasteiger partial charge in [0, 0.05) is 18.0 Å². The number of hydrogen-bond acceptors (Lipinski definition) is 7. The Balaban J connectivity index is 1.93. The fraction of sp³-hybridized carbons (Fsp3) is 0.143. The molecule has 1 heterocycles. The molecule has 0 unspecified atom stereocenters. The van der Waals surface area contributed by atoms with E-state index in [-0.39, 0.29) is 17.4 Å². The van der Waals surface area contributed by atoms with E-state index in [9.17, 15) is 13.3 Å². The average molecular weight is 320 g/mol. The quantitative estimate of drug-likeness (QED) is 0.870. The van der Waals surface area contributed by atoms with Crippen LogP contribution in [0.4, 0.5) is 17.1 Å². The lowest BCUT2D eigenvalue weighted by Crippen LogP contribution is -1.98. The van der Waals surface area contributed by atoms with Crippen molar-refractivity contribution in [2.45, 2.75) is 4.90 Å². The molecule has 0 fully saturated rings. The molecular weight excluding hydrogens is 308 g/mol. The summed E-state index contributed by atoms with van der Waals surface area (Å²) in [6, 6.07) is 9.37. The molecule has 0 aromatic heterocycles. The molecule has 2 aromatic carbocycles. The summed E-state index contributed by atoms with van der Waals surface area (Å²) in [5, 5.41) is 5.89. The number of rotatable bonds is 4. The molecule has 1 aliphatic heterocycles. The van der Waals surface area contributed by atoms with Gasteiger partial charge in [-0.2, -0.15) is 0 Å². The maximum Gasteiger partial charge on any atom is 0.231 e. The highest BCUT2D eigenvalue weighted by atomic mass is 32.2. The van der Waals surface area contributed by atoms with E-state index in [4.69, 9.17) is 9.47 Å². The molecule has 3 rings (SSSR count). The molecule has 0 saturated heterocycles. The molecule has 0 bridgehead atoms. The van der Waals surface area contributed by atoms with Crippen LogP contribution < -0.4 is 14.8 Å². The van der Waals surface area contributed by atoms with E-state index in [2.05, 4.69) is 10.5 Å². The predicted molar refractivity (Wildman–Crippen MR) is 80.9 cm³/mol. The van der Waals surface area contributed by atoms with Crippen LogP contribution in [-0.4, -0.2) is 21.5 Å². The summed E-state index contributed by atoms with van der Waals surface area (Å²) in [6.07, 6.45) is 1.07. The number of nitrogens with zero attached hydrogens (tertiary/aromatic N) is 1. The van der Waals surface area contributed by atoms with E-state index < -0.39 is 9.84 Å². The number of benzene rings is 2. The van der Waals surface area contributed by atoms with Crippen LogP contribution in [0.25, 0.3) is 0 Å². The fourth-order valence-electron chi connectivity index (χ4n) is 2.05. The van der Waals surface area contributed by atoms with Crippen molar-refractivity contribution < 1.29 is 17.9 Å². The van der Waals surface area contributed by atoms with Crippen molar-refractivity contribution in [1.29, 1.82) is 0 Å². The van der Waals surface area contributed by atoms with Gasteiger partial charge in [0.15, 0.2) is 21.3 Å². The molecule has 0 saturated carbocycles. The highest BCUT2D eigenvalue weighted by molar-refractivity contribution is 7.90. The van der Waals surface area contributed by atoms with Gasteiger partial charge < -0.3 is 14.8 Å². The molecule has 2 aromatic rings. The second-order valence-electron chi connectivity index (χ2n) is 4.74. The van der Waals surface area contributed by atoms with Gasteiger partial charge in [-0.15, -0.1) is 4.91 Å². The summed E-state index contributed by atoms with van der Waals surface area (Å²) in [5.74, 6) is 1.24. The maximum absolute atomic E-state index is 11.5. The molecule has 0 amide bonds. The summed E-state index contributed by atoms with van der Waals surface area (Å²) < 4.78 is 33.5. The lowest BCUT2D eigenvalue weighted by Gasteiger charge is -2.10. The highest BCUT2D eigenvalue weighted by Crippen LogP contribution is 2.37. The molecule has 0 spiro atoms. The Kier molecular flexibility index (Phi) is 3.45. The molecule has 0 aliphatic carbocycles. The van der Waals surface area contributed by atoms with Crippen molar-refractivity contribution in [1.82, 2.24) is 0 Å². The normalized spacial score (nSPS) is 13.0. The van der Waals surface area contributed by atoms with Gasteiger partial charge in [0.25, 0.3) is 0 Å². The van der Waals surface area contributed by atoms with Crippen LogP contribution in [-0.2, 0) is 9.84 Å². The summed E-state index contributed by atoms with van der Waals surface area (Å²) >= 11 is 0. The third-order valence-electron chi connectivity index (χ3n) is 3.15. The Bertz CT molecular complexity index is 848. The van der Waals surface area contributed by atoms with Crippen molar-refractivity contribution in [2.24, 2.45) is 5.18 Å². The van der Waals surface area contributed by atoms with Gasteiger partial charge >= 0.3 is 0 Å². The van der Waals surface area contributed by atoms with Gasteiger partial charge in [0.1, 0.15) is 5.69 Å². The Hall–Kier alpha value is -2.61. The third-order valence-corrected chi connectivity index (χ3v) is 4.26. The van der Waals surface area contributed by atoms with Crippen LogP contribution >= 0.6 is 0 Å². The van der Waals surface area contributed by atoms with Gasteiger partial charge in [-0.1, -0.05) is 0 Å². The Morgan fingerprint density at radius 3 is 2.59 bits per heavy atom. The van der Waals surface area contributed by atoms with Crippen LogP contribution in [0.5, 0.6) is 11.5 Å². The molecule has 22 heavy (non-hydrogen) atoms. The average Bonchev–Trinajstić information content (AvgIpc) is 2.94. The minimum absolute atomic E-state index is 0.0144. The van der Waals surface area contributed by atoms with E-state index >= 15 is 0 Å². The molecule has 1 aliphatic rings. The van der Waals surface area contributed by atoms with Crippen molar-refractivity contribution in [3.63, 3.8) is 0 Å². The van der Waals surface area contributed by atoms with Crippen molar-refractivity contribution in [2.75, 3.05) is 18.4 Å². The van der Waals surface area contributed by atoms with Gasteiger partial charge in [0.05, 0.1) is 10.6 Å². The zero-order chi connectivity index (χ0) is 15.7. The second-order valence-corrected chi connectivity index (χ2v) is 6.75. The lowest BCUT2D eigenvalue weighted by molar-refractivity contribution is 0.174. The first-order valence-electron chi connectivity index (χ1n) is 6.31. The van der Waals surface area contributed by atoms with Crippen LogP contribution in [0.3, 0.4) is 0 Å². The first-order chi connectivity index (χ1) is 10.5. The Morgan fingerprint density at radius 2 is 1.86 bits per heavy atom. The van der Waals surface area contributed by atoms with Crippen LogP contribution in [0.1, 0.15) is 0 Å². The van der Waals surface area contributed by atoms with Crippen molar-refractivity contribution >= 4 is 26.9 Å². The summed E-state index contributed by atoms with van der Waals surface area (Å²) in [5.41, 5.74) is 1.09. The maximum atomic E-state index is 11.5. The number of hydrogen-bond donors (Lipinski definition) is 1. The zero-order valence-corrected chi connectivity index (χ0v) is 12.4. The van der Waals surface area contributed by atoms with E-state index in [1.165, 1.54) is 18.2 Å². The molecule has 1 N–H and O–H groups in total. The predicted octanol–water partition coefficient (Wildman–Crippen LogP) is 2.96. The summed E-state index contributed by atoms with van der Waals surface area (Å²) in [6.45, 7) is 0.170. The Labute approximate surface area is 126 Å². The summed E-state index contributed by atoms with van der Waals surface area (Å²) in [4.78, 5) is 11.0. The lowest BCUT2D eigenvalue weighted by atomic mass is 10.2. The minimum atomic E-state index is -3.40. The van der Waals surface area contributed by atoms with Crippen LogP contribution in [0.2, 0.25) is 0 Å². The zero-order valence-electron chi connectivity index (χ0n) is 11.6. The topological polar surface area (TPSA) is 94.1 Å². The monoisotopic (exact) mass is 320 g/mol. The van der Waals surface area contributed by atoms with Crippen LogP contribution in [0.15, 0.2) is 46.5 Å². The second kappa shape index (κ2) is 5.30. The number of ether oxygens (including phenoxy) is 2. The van der Waals surface area contributed by atoms with E-state index in [1.807, 2.05) is 0 Å². The first kappa shape index (κ1) is 14.3. The van der Waals surface area contributed by atoms with E-state index in [0.29, 0.717) is 22.9 Å². The number of fused-ring (bicyclic) bond motifs is 1. The van der Waals surface area contributed by atoms with Gasteiger partial charge in [0.2, 0.25) is 6.79 Å². The van der Waals surface area contributed by atoms with Gasteiger partial charge in [-0.25, -0.2) is 8.42 Å². The number of anilines is 2. The van der Waals surface area contributed by atoms with Gasteiger partial charge in [-0.3, -0.25) is 0 Å². The van der Waals surface area contributed by atoms with E-state index in [0.717, 1.165) is 6.26 Å². The fourth-order valence-corrected chi connectivity index (χ4v) is 2.69. The standard InChI is InChI=1S/C14H12N2O5S/c1-22(18,19)10-3-4-11(12(7-10)16-17)15-9-2-5-13-14(6-9)21-8-20-13/h2-7,15H,8H2,1H3. The minimum Gasteiger partial charge on any atom is -0.454 e. The first-order valence-corrected chi connectivity index (χ1v) is 8.20. The molecular formula is C14H12N2O5S. The van der Waals surface area contributed by atoms with Gasteiger partial charge in [-0.05, 0) is 35.5 Å². The summed E-state index contributed by atoms with van der Waals surface area (Å²) in [7, 11) is -3.40. The third kappa shape index (κ3) is 2.73. The molecule has 7 nitrogen and oxygen atoms in total. The molecule has 0 atom stereocenters. The smallest absolute Gasteiger partial charge is 0.231 e. The largest absolute Gasteiger partial charge is 0.454 e. The SMILES string of the molecule is CS(=O)(=O)c1ccc(Nc2ccc3c(c2)OCO3)c(N=O)c1. The highest BCUT2D eigenvalue weighted by Gasteiger charge is 2.15. The number of nitrogens with one attached hydrogen (secondary N) is 1. The number of nitroso groups, excluding NO2 is 1. The van der Waals surface area contributed by atoms with E-state index in [1.54, 1.807) is 18.2 Å². The molecule has 114 valence electrons. The molecule has 8 heteroatoms. The number of sulfone groups is 1.